The molecule has 7 heteroatoms. The predicted octanol–water partition coefficient (Wildman–Crippen LogP) is 0.107. The van der Waals surface area contributed by atoms with Crippen LogP contribution in [0.15, 0.2) is 48.5 Å². The minimum Gasteiger partial charge on any atom is -1.00 e. The van der Waals surface area contributed by atoms with E-state index in [1.54, 1.807) is 48.5 Å². The number of ether oxygens (including phenoxy) is 1. The molecule has 0 radical (unpaired) electrons. The number of benzene rings is 2. The van der Waals surface area contributed by atoms with Crippen LogP contribution in [0.1, 0.15) is 18.7 Å². The number of hydrogen-bond acceptors (Lipinski definition) is 3. The molecule has 2 aromatic rings. The fourth-order valence-corrected chi connectivity index (χ4v) is 2.62. The first kappa shape index (κ1) is 16.4. The summed E-state index contributed by atoms with van der Waals surface area (Å²) in [7, 11) is -4.60. The monoisotopic (exact) mass is 318 g/mol. The molecule has 2 aromatic carbocycles. The van der Waals surface area contributed by atoms with Crippen LogP contribution in [-0.4, -0.2) is 9.79 Å². The molecular formula is C13H12KO5P. The summed E-state index contributed by atoms with van der Waals surface area (Å²) in [4.78, 5) is 18.1. The van der Waals surface area contributed by atoms with Crippen LogP contribution in [0.5, 0.6) is 11.5 Å². The zero-order chi connectivity index (χ0) is 13.5. The maximum absolute atomic E-state index is 11.2. The van der Waals surface area contributed by atoms with Crippen LogP contribution >= 0.6 is 7.82 Å². The third-order valence-electron chi connectivity index (χ3n) is 2.87. The smallest absolute Gasteiger partial charge is 1.00 e. The summed E-state index contributed by atoms with van der Waals surface area (Å²) in [5.74, 6) is 1.08. The molecule has 5 nitrogen and oxygen atoms in total. The SMILES string of the molecule is O=P(O)(O)OC1c2ccccc2Oc2ccccc21.[H-].[K+]. The summed E-state index contributed by atoms with van der Waals surface area (Å²) in [5, 5.41) is 0. The standard InChI is InChI=1S/C13H11O5P.K.H/c14-19(15,16)18-13-9-5-1-3-7-11(9)17-12-8-4-2-6-10(12)13;;/h1-8,13H,(H2,14,15,16);;/q;+1;-1. The molecule has 0 amide bonds. The van der Waals surface area contributed by atoms with Gasteiger partial charge in [-0.1, -0.05) is 36.4 Å². The van der Waals surface area contributed by atoms with Gasteiger partial charge in [-0.05, 0) is 12.1 Å². The fraction of sp³-hybridized carbons (Fsp3) is 0.0769. The molecule has 0 aromatic heterocycles. The first-order valence-corrected chi connectivity index (χ1v) is 7.17. The van der Waals surface area contributed by atoms with E-state index in [1.807, 2.05) is 0 Å². The number of hydrogen-bond donors (Lipinski definition) is 2. The Labute approximate surface area is 160 Å². The first-order chi connectivity index (χ1) is 9.04. The van der Waals surface area contributed by atoms with Gasteiger partial charge in [-0.15, -0.1) is 0 Å². The van der Waals surface area contributed by atoms with Crippen molar-refractivity contribution in [2.45, 2.75) is 6.10 Å². The van der Waals surface area contributed by atoms with Gasteiger partial charge in [0.05, 0.1) is 0 Å². The molecule has 3 rings (SSSR count). The molecule has 2 N–H and O–H groups in total. The van der Waals surface area contributed by atoms with E-state index in [0.717, 1.165) is 0 Å². The third-order valence-corrected chi connectivity index (χ3v) is 3.35. The van der Waals surface area contributed by atoms with Gasteiger partial charge in [-0.3, -0.25) is 4.52 Å². The summed E-state index contributed by atoms with van der Waals surface area (Å²) < 4.78 is 21.8. The van der Waals surface area contributed by atoms with Crippen molar-refractivity contribution >= 4 is 7.82 Å². The minimum absolute atomic E-state index is 0. The molecule has 100 valence electrons. The molecule has 0 unspecified atom stereocenters. The number of phosphoric acid groups is 1. The summed E-state index contributed by atoms with van der Waals surface area (Å²) in [5.41, 5.74) is 1.20. The van der Waals surface area contributed by atoms with Gasteiger partial charge < -0.3 is 16.0 Å². The quantitative estimate of drug-likeness (QED) is 0.607. The molecule has 0 bridgehead atoms. The third kappa shape index (κ3) is 3.41. The fourth-order valence-electron chi connectivity index (χ4n) is 2.12. The van der Waals surface area contributed by atoms with E-state index in [9.17, 15) is 4.57 Å². The average Bonchev–Trinajstić information content (AvgIpc) is 2.37. The molecule has 0 fully saturated rings. The minimum atomic E-state index is -4.60. The van der Waals surface area contributed by atoms with Gasteiger partial charge in [-0.2, -0.15) is 0 Å². The summed E-state index contributed by atoms with van der Waals surface area (Å²) in [6, 6.07) is 14.1. The van der Waals surface area contributed by atoms with Crippen molar-refractivity contribution in [3.05, 3.63) is 59.7 Å². The summed E-state index contributed by atoms with van der Waals surface area (Å²) in [6.45, 7) is 0. The van der Waals surface area contributed by atoms with Crippen LogP contribution in [0.2, 0.25) is 0 Å². The van der Waals surface area contributed by atoms with Crippen LogP contribution < -0.4 is 56.1 Å². The van der Waals surface area contributed by atoms with E-state index in [4.69, 9.17) is 19.0 Å². The topological polar surface area (TPSA) is 76.0 Å². The molecule has 0 spiro atoms. The van der Waals surface area contributed by atoms with Crippen molar-refractivity contribution in [1.82, 2.24) is 0 Å². The molecular weight excluding hydrogens is 306 g/mol. The van der Waals surface area contributed by atoms with Crippen molar-refractivity contribution in [2.24, 2.45) is 0 Å². The van der Waals surface area contributed by atoms with E-state index in [2.05, 4.69) is 0 Å². The maximum atomic E-state index is 11.2. The van der Waals surface area contributed by atoms with Crippen LogP contribution in [0, 0.1) is 0 Å². The van der Waals surface area contributed by atoms with Gasteiger partial charge in [0.1, 0.15) is 17.6 Å². The second-order valence-electron chi connectivity index (χ2n) is 4.15. The number of para-hydroxylation sites is 2. The molecule has 0 aliphatic carbocycles. The normalized spacial score (nSPS) is 13.7. The molecule has 0 saturated carbocycles. The van der Waals surface area contributed by atoms with E-state index >= 15 is 0 Å². The van der Waals surface area contributed by atoms with Crippen LogP contribution in [0.4, 0.5) is 0 Å². The Morgan fingerprint density at radius 3 is 1.90 bits per heavy atom. The van der Waals surface area contributed by atoms with Crippen molar-refractivity contribution in [3.8, 4) is 11.5 Å². The van der Waals surface area contributed by atoms with Crippen molar-refractivity contribution in [1.29, 1.82) is 0 Å². The first-order valence-electron chi connectivity index (χ1n) is 5.64. The van der Waals surface area contributed by atoms with Crippen LogP contribution in [0.3, 0.4) is 0 Å². The van der Waals surface area contributed by atoms with E-state index in [-0.39, 0.29) is 52.8 Å². The summed E-state index contributed by atoms with van der Waals surface area (Å²) >= 11 is 0. The Morgan fingerprint density at radius 2 is 1.45 bits per heavy atom. The van der Waals surface area contributed by atoms with Gasteiger partial charge >= 0.3 is 59.2 Å². The Morgan fingerprint density at radius 1 is 1.00 bits per heavy atom. The van der Waals surface area contributed by atoms with Crippen LogP contribution in [0.25, 0.3) is 0 Å². The molecule has 20 heavy (non-hydrogen) atoms. The maximum Gasteiger partial charge on any atom is 1.00 e. The molecule has 0 atom stereocenters. The molecule has 1 heterocycles. The Hall–Kier alpha value is -0.0136. The molecule has 1 aliphatic rings. The Kier molecular flexibility index (Phi) is 5.23. The van der Waals surface area contributed by atoms with Gasteiger partial charge in [0, 0.05) is 11.1 Å². The Bertz CT molecular complexity index is 630. The largest absolute Gasteiger partial charge is 1.00 e. The molecule has 0 saturated heterocycles. The number of phosphoric ester groups is 1. The van der Waals surface area contributed by atoms with Gasteiger partial charge in [-0.25, -0.2) is 4.57 Å². The van der Waals surface area contributed by atoms with Crippen LogP contribution in [-0.2, 0) is 9.09 Å². The van der Waals surface area contributed by atoms with E-state index in [1.165, 1.54) is 0 Å². The van der Waals surface area contributed by atoms with E-state index in [0.29, 0.717) is 22.6 Å². The van der Waals surface area contributed by atoms with Gasteiger partial charge in [0.25, 0.3) is 0 Å². The van der Waals surface area contributed by atoms with Crippen molar-refractivity contribution in [2.75, 3.05) is 0 Å². The second kappa shape index (κ2) is 6.40. The number of rotatable bonds is 2. The summed E-state index contributed by atoms with van der Waals surface area (Å²) in [6.07, 6.45) is -0.831. The van der Waals surface area contributed by atoms with Crippen molar-refractivity contribution < 1.29 is 76.4 Å². The average molecular weight is 318 g/mol. The van der Waals surface area contributed by atoms with Crippen molar-refractivity contribution in [3.63, 3.8) is 0 Å². The van der Waals surface area contributed by atoms with Gasteiger partial charge in [0.2, 0.25) is 0 Å². The van der Waals surface area contributed by atoms with Gasteiger partial charge in [0.15, 0.2) is 0 Å². The zero-order valence-corrected chi connectivity index (χ0v) is 14.8. The second-order valence-corrected chi connectivity index (χ2v) is 5.35. The van der Waals surface area contributed by atoms with E-state index < -0.39 is 13.9 Å². The molecule has 1 aliphatic heterocycles. The zero-order valence-electron chi connectivity index (χ0n) is 11.8. The predicted molar refractivity (Wildman–Crippen MR) is 69.0 cm³/mol. The number of fused-ring (bicyclic) bond motifs is 2. The Balaban J connectivity index is 0.00000110.